The van der Waals surface area contributed by atoms with E-state index in [9.17, 15) is 4.79 Å². The first-order chi connectivity index (χ1) is 17.2. The first-order valence-electron chi connectivity index (χ1n) is 13.2. The number of benzene rings is 2. The second-order valence-electron chi connectivity index (χ2n) is 9.06. The zero-order valence-corrected chi connectivity index (χ0v) is 21.3. The number of carbonyl (C=O) groups excluding carboxylic acids is 1. The molecule has 0 spiro atoms. The average molecular weight is 474 g/mol. The number of unbranched alkanes of at least 4 members (excludes halogenated alkanes) is 7. The lowest BCUT2D eigenvalue weighted by molar-refractivity contribution is 0.0735. The van der Waals surface area contributed by atoms with Gasteiger partial charge in [0.15, 0.2) is 0 Å². The molecule has 1 aromatic heterocycles. The normalized spacial score (nSPS) is 10.8. The van der Waals surface area contributed by atoms with Crippen LogP contribution in [0.15, 0.2) is 66.9 Å². The van der Waals surface area contributed by atoms with E-state index in [0.29, 0.717) is 11.3 Å². The Morgan fingerprint density at radius 1 is 0.714 bits per heavy atom. The minimum Gasteiger partial charge on any atom is -0.492 e. The molecule has 0 aliphatic rings. The molecule has 2 aromatic carbocycles. The molecular weight excluding hydrogens is 434 g/mol. The molecule has 0 N–H and O–H groups in total. The molecule has 0 unspecified atom stereocenters. The van der Waals surface area contributed by atoms with Crippen LogP contribution < -0.4 is 9.47 Å². The van der Waals surface area contributed by atoms with Crippen LogP contribution in [0.1, 0.15) is 87.6 Å². The van der Waals surface area contributed by atoms with Gasteiger partial charge in [0.25, 0.3) is 0 Å². The monoisotopic (exact) mass is 473 g/mol. The summed E-state index contributed by atoms with van der Waals surface area (Å²) in [6.07, 6.45) is 13.9. The number of ether oxygens (including phenoxy) is 2. The Balaban J connectivity index is 1.45. The summed E-state index contributed by atoms with van der Waals surface area (Å²) in [5, 5.41) is 0. The third kappa shape index (κ3) is 9.20. The third-order valence-corrected chi connectivity index (χ3v) is 6.12. The molecule has 4 heteroatoms. The van der Waals surface area contributed by atoms with Crippen molar-refractivity contribution in [3.63, 3.8) is 0 Å². The number of hydrogen-bond donors (Lipinski definition) is 0. The summed E-state index contributed by atoms with van der Waals surface area (Å²) in [5.41, 5.74) is 3.63. The van der Waals surface area contributed by atoms with Gasteiger partial charge >= 0.3 is 5.97 Å². The number of pyridine rings is 1. The van der Waals surface area contributed by atoms with E-state index in [1.54, 1.807) is 18.3 Å². The lowest BCUT2D eigenvalue weighted by Crippen LogP contribution is -2.08. The molecule has 186 valence electrons. The van der Waals surface area contributed by atoms with E-state index in [1.165, 1.54) is 56.9 Å². The summed E-state index contributed by atoms with van der Waals surface area (Å²) in [6.45, 7) is 5.17. The van der Waals surface area contributed by atoms with E-state index in [-0.39, 0.29) is 5.97 Å². The molecule has 0 saturated carbocycles. The molecule has 0 bridgehead atoms. The minimum atomic E-state index is -0.345. The Kier molecular flexibility index (Phi) is 11.3. The van der Waals surface area contributed by atoms with E-state index in [2.05, 4.69) is 18.8 Å². The molecule has 0 radical (unpaired) electrons. The maximum Gasteiger partial charge on any atom is 0.343 e. The van der Waals surface area contributed by atoms with Crippen molar-refractivity contribution < 1.29 is 14.3 Å². The summed E-state index contributed by atoms with van der Waals surface area (Å²) >= 11 is 0. The molecule has 0 saturated heterocycles. The van der Waals surface area contributed by atoms with Gasteiger partial charge < -0.3 is 9.47 Å². The third-order valence-electron chi connectivity index (χ3n) is 6.12. The highest BCUT2D eigenvalue weighted by molar-refractivity contribution is 5.91. The molecule has 3 aromatic rings. The SMILES string of the molecule is CCCCCCCCOc1ccc(-c2ccc(OC(=O)c3ccc(CCCCC)cc3)cc2)nc1. The molecule has 0 aliphatic carbocycles. The van der Waals surface area contributed by atoms with Crippen LogP contribution in [0.5, 0.6) is 11.5 Å². The maximum absolute atomic E-state index is 12.5. The molecule has 0 fully saturated rings. The van der Waals surface area contributed by atoms with Crippen molar-refractivity contribution in [2.75, 3.05) is 6.61 Å². The first-order valence-corrected chi connectivity index (χ1v) is 13.2. The number of hydrogen-bond acceptors (Lipinski definition) is 4. The second kappa shape index (κ2) is 15.0. The van der Waals surface area contributed by atoms with E-state index in [1.807, 2.05) is 48.5 Å². The fourth-order valence-corrected chi connectivity index (χ4v) is 3.96. The zero-order chi connectivity index (χ0) is 24.7. The highest BCUT2D eigenvalue weighted by Crippen LogP contribution is 2.23. The van der Waals surface area contributed by atoms with Crippen molar-refractivity contribution >= 4 is 5.97 Å². The Labute approximate surface area is 210 Å². The number of nitrogens with zero attached hydrogens (tertiary/aromatic N) is 1. The standard InChI is InChI=1S/C31H39NO3/c1-3-5-7-8-9-11-23-34-29-21-22-30(32-24-29)26-17-19-28(20-18-26)35-31(33)27-15-13-25(14-16-27)12-10-6-4-2/h13-22,24H,3-12,23H2,1-2H3. The molecule has 35 heavy (non-hydrogen) atoms. The molecular formula is C31H39NO3. The van der Waals surface area contributed by atoms with Crippen LogP contribution in [0.2, 0.25) is 0 Å². The van der Waals surface area contributed by atoms with Gasteiger partial charge in [-0.2, -0.15) is 0 Å². The van der Waals surface area contributed by atoms with Crippen molar-refractivity contribution in [1.82, 2.24) is 4.98 Å². The van der Waals surface area contributed by atoms with Gasteiger partial charge in [0.2, 0.25) is 0 Å². The van der Waals surface area contributed by atoms with E-state index < -0.39 is 0 Å². The van der Waals surface area contributed by atoms with Crippen LogP contribution in [-0.4, -0.2) is 17.6 Å². The van der Waals surface area contributed by atoms with E-state index >= 15 is 0 Å². The second-order valence-corrected chi connectivity index (χ2v) is 9.06. The van der Waals surface area contributed by atoms with Crippen LogP contribution in [0.3, 0.4) is 0 Å². The van der Waals surface area contributed by atoms with Gasteiger partial charge in [-0.1, -0.05) is 70.9 Å². The summed E-state index contributed by atoms with van der Waals surface area (Å²) < 4.78 is 11.4. The summed E-state index contributed by atoms with van der Waals surface area (Å²) in [4.78, 5) is 17.0. The van der Waals surface area contributed by atoms with Crippen LogP contribution in [0.25, 0.3) is 11.3 Å². The van der Waals surface area contributed by atoms with E-state index in [4.69, 9.17) is 9.47 Å². The zero-order valence-electron chi connectivity index (χ0n) is 21.3. The number of esters is 1. The maximum atomic E-state index is 12.5. The smallest absolute Gasteiger partial charge is 0.343 e. The molecule has 3 rings (SSSR count). The van der Waals surface area contributed by atoms with Crippen LogP contribution in [-0.2, 0) is 6.42 Å². The molecule has 1 heterocycles. The van der Waals surface area contributed by atoms with E-state index in [0.717, 1.165) is 36.5 Å². The van der Waals surface area contributed by atoms with Gasteiger partial charge in [-0.25, -0.2) is 4.79 Å². The predicted octanol–water partition coefficient (Wildman–Crippen LogP) is 8.44. The number of aryl methyl sites for hydroxylation is 1. The fourth-order valence-electron chi connectivity index (χ4n) is 3.96. The van der Waals surface area contributed by atoms with Crippen molar-refractivity contribution in [2.24, 2.45) is 0 Å². The Hall–Kier alpha value is -3.14. The van der Waals surface area contributed by atoms with Crippen molar-refractivity contribution in [3.05, 3.63) is 78.0 Å². The Morgan fingerprint density at radius 2 is 1.37 bits per heavy atom. The topological polar surface area (TPSA) is 48.4 Å². The van der Waals surface area contributed by atoms with Crippen molar-refractivity contribution in [3.8, 4) is 22.8 Å². The quantitative estimate of drug-likeness (QED) is 0.126. The molecule has 0 atom stereocenters. The van der Waals surface area contributed by atoms with Crippen molar-refractivity contribution in [2.45, 2.75) is 78.1 Å². The summed E-state index contributed by atoms with van der Waals surface area (Å²) in [5.74, 6) is 0.969. The fraction of sp³-hybridized carbons (Fsp3) is 0.419. The minimum absolute atomic E-state index is 0.345. The summed E-state index contributed by atoms with van der Waals surface area (Å²) in [6, 6.07) is 19.1. The van der Waals surface area contributed by atoms with Gasteiger partial charge in [-0.3, -0.25) is 4.98 Å². The first kappa shape index (κ1) is 26.5. The van der Waals surface area contributed by atoms with Crippen molar-refractivity contribution in [1.29, 1.82) is 0 Å². The largest absolute Gasteiger partial charge is 0.492 e. The number of aromatic nitrogens is 1. The van der Waals surface area contributed by atoms with Gasteiger partial charge in [0.05, 0.1) is 24.1 Å². The van der Waals surface area contributed by atoms with Crippen LogP contribution >= 0.6 is 0 Å². The number of carbonyl (C=O) groups is 1. The predicted molar refractivity (Wildman–Crippen MR) is 143 cm³/mol. The van der Waals surface area contributed by atoms with Gasteiger partial charge in [-0.15, -0.1) is 0 Å². The Bertz CT molecular complexity index is 995. The van der Waals surface area contributed by atoms with Crippen LogP contribution in [0, 0.1) is 0 Å². The average Bonchev–Trinajstić information content (AvgIpc) is 2.89. The van der Waals surface area contributed by atoms with Gasteiger partial charge in [-0.05, 0) is 73.4 Å². The lowest BCUT2D eigenvalue weighted by atomic mass is 10.1. The van der Waals surface area contributed by atoms with Gasteiger partial charge in [0, 0.05) is 5.56 Å². The molecule has 4 nitrogen and oxygen atoms in total. The molecule has 0 aliphatic heterocycles. The molecule has 0 amide bonds. The highest BCUT2D eigenvalue weighted by Gasteiger charge is 2.09. The number of rotatable bonds is 15. The lowest BCUT2D eigenvalue weighted by Gasteiger charge is -2.08. The van der Waals surface area contributed by atoms with Gasteiger partial charge in [0.1, 0.15) is 11.5 Å². The highest BCUT2D eigenvalue weighted by atomic mass is 16.5. The van der Waals surface area contributed by atoms with Crippen LogP contribution in [0.4, 0.5) is 0 Å². The Morgan fingerprint density at radius 3 is 2.06 bits per heavy atom. The summed E-state index contributed by atoms with van der Waals surface area (Å²) in [7, 11) is 0.